The van der Waals surface area contributed by atoms with Crippen LogP contribution in [0.4, 0.5) is 13.2 Å². The summed E-state index contributed by atoms with van der Waals surface area (Å²) in [5, 5.41) is 5.98. The van der Waals surface area contributed by atoms with Gasteiger partial charge in [-0.15, -0.1) is 25.6 Å². The van der Waals surface area contributed by atoms with Gasteiger partial charge in [0.25, 0.3) is 5.91 Å². The molecule has 1 atom stereocenters. The highest BCUT2D eigenvalue weighted by Gasteiger charge is 2.31. The Hall–Kier alpha value is -1.47. The Balaban J connectivity index is 0.00000220. The van der Waals surface area contributed by atoms with Crippen LogP contribution >= 0.6 is 12.4 Å². The van der Waals surface area contributed by atoms with E-state index in [-0.39, 0.29) is 30.1 Å². The second-order valence-electron chi connectivity index (χ2n) is 4.58. The number of halogens is 4. The summed E-state index contributed by atoms with van der Waals surface area (Å²) in [6.45, 7) is 1.46. The third-order valence-electron chi connectivity index (χ3n) is 3.02. The van der Waals surface area contributed by atoms with Gasteiger partial charge in [0.2, 0.25) is 0 Å². The van der Waals surface area contributed by atoms with E-state index in [0.717, 1.165) is 31.5 Å². The number of ether oxygens (including phenoxy) is 1. The minimum atomic E-state index is -4.72. The van der Waals surface area contributed by atoms with Crippen LogP contribution < -0.4 is 15.4 Å². The SMILES string of the molecule is Cl.O=C(NCC1CCCN1)c1ccc(OC(F)(F)F)cc1. The van der Waals surface area contributed by atoms with Crippen molar-refractivity contribution in [2.75, 3.05) is 13.1 Å². The Bertz CT molecular complexity index is 459. The van der Waals surface area contributed by atoms with Crippen molar-refractivity contribution < 1.29 is 22.7 Å². The third-order valence-corrected chi connectivity index (χ3v) is 3.02. The Morgan fingerprint density at radius 2 is 2.00 bits per heavy atom. The van der Waals surface area contributed by atoms with Crippen LogP contribution in [0.5, 0.6) is 5.75 Å². The maximum absolute atomic E-state index is 12.0. The number of rotatable bonds is 4. The van der Waals surface area contributed by atoms with E-state index in [2.05, 4.69) is 15.4 Å². The topological polar surface area (TPSA) is 50.4 Å². The molecule has 1 unspecified atom stereocenters. The van der Waals surface area contributed by atoms with Gasteiger partial charge in [-0.1, -0.05) is 0 Å². The zero-order chi connectivity index (χ0) is 14.6. The molecule has 0 saturated carbocycles. The fourth-order valence-corrected chi connectivity index (χ4v) is 2.06. The predicted molar refractivity (Wildman–Crippen MR) is 73.7 cm³/mol. The number of benzene rings is 1. The quantitative estimate of drug-likeness (QED) is 0.894. The Morgan fingerprint density at radius 1 is 1.33 bits per heavy atom. The van der Waals surface area contributed by atoms with Gasteiger partial charge in [-0.25, -0.2) is 0 Å². The maximum Gasteiger partial charge on any atom is 0.573 e. The number of carbonyl (C=O) groups is 1. The van der Waals surface area contributed by atoms with Crippen LogP contribution in [-0.2, 0) is 0 Å². The molecule has 0 aromatic heterocycles. The molecule has 4 nitrogen and oxygen atoms in total. The van der Waals surface area contributed by atoms with Crippen molar-refractivity contribution >= 4 is 18.3 Å². The molecule has 21 heavy (non-hydrogen) atoms. The summed E-state index contributed by atoms with van der Waals surface area (Å²) >= 11 is 0. The summed E-state index contributed by atoms with van der Waals surface area (Å²) in [6, 6.07) is 5.12. The van der Waals surface area contributed by atoms with E-state index in [0.29, 0.717) is 12.1 Å². The van der Waals surface area contributed by atoms with Crippen molar-refractivity contribution in [2.24, 2.45) is 0 Å². The molecule has 0 spiro atoms. The van der Waals surface area contributed by atoms with Crippen molar-refractivity contribution in [2.45, 2.75) is 25.2 Å². The van der Waals surface area contributed by atoms with Crippen LogP contribution in [0.2, 0.25) is 0 Å². The highest BCUT2D eigenvalue weighted by Crippen LogP contribution is 2.22. The molecule has 1 aliphatic heterocycles. The minimum absolute atomic E-state index is 0. The van der Waals surface area contributed by atoms with Crippen LogP contribution in [0.15, 0.2) is 24.3 Å². The second-order valence-corrected chi connectivity index (χ2v) is 4.58. The lowest BCUT2D eigenvalue weighted by molar-refractivity contribution is -0.274. The van der Waals surface area contributed by atoms with E-state index in [1.54, 1.807) is 0 Å². The average Bonchev–Trinajstić information content (AvgIpc) is 2.88. The van der Waals surface area contributed by atoms with Gasteiger partial charge in [-0.05, 0) is 43.7 Å². The first-order chi connectivity index (χ1) is 9.44. The number of amides is 1. The molecule has 1 saturated heterocycles. The van der Waals surface area contributed by atoms with E-state index in [1.807, 2.05) is 0 Å². The van der Waals surface area contributed by atoms with Gasteiger partial charge in [0.05, 0.1) is 0 Å². The van der Waals surface area contributed by atoms with Gasteiger partial charge >= 0.3 is 6.36 Å². The molecule has 8 heteroatoms. The van der Waals surface area contributed by atoms with Crippen LogP contribution in [0.25, 0.3) is 0 Å². The van der Waals surface area contributed by atoms with Gasteiger partial charge in [0.1, 0.15) is 5.75 Å². The molecule has 0 aliphatic carbocycles. The molecule has 1 heterocycles. The second kappa shape index (κ2) is 7.51. The number of nitrogens with one attached hydrogen (secondary N) is 2. The largest absolute Gasteiger partial charge is 0.573 e. The molecule has 2 rings (SSSR count). The lowest BCUT2D eigenvalue weighted by Gasteiger charge is -2.12. The van der Waals surface area contributed by atoms with Gasteiger partial charge in [-0.2, -0.15) is 0 Å². The van der Waals surface area contributed by atoms with Crippen molar-refractivity contribution in [1.29, 1.82) is 0 Å². The normalized spacial score (nSPS) is 18.0. The standard InChI is InChI=1S/C13H15F3N2O2.ClH/c14-13(15,16)20-11-5-3-9(4-6-11)12(19)18-8-10-2-1-7-17-10;/h3-6,10,17H,1-2,7-8H2,(H,18,19);1H. The van der Waals surface area contributed by atoms with Gasteiger partial charge in [0, 0.05) is 18.2 Å². The fourth-order valence-electron chi connectivity index (χ4n) is 2.06. The molecule has 0 radical (unpaired) electrons. The number of carbonyl (C=O) groups excluding carboxylic acids is 1. The lowest BCUT2D eigenvalue weighted by atomic mass is 10.2. The molecule has 0 bridgehead atoms. The maximum atomic E-state index is 12.0. The zero-order valence-electron chi connectivity index (χ0n) is 11.1. The van der Waals surface area contributed by atoms with Crippen molar-refractivity contribution in [3.05, 3.63) is 29.8 Å². The summed E-state index contributed by atoms with van der Waals surface area (Å²) in [5.41, 5.74) is 0.303. The molecule has 118 valence electrons. The average molecular weight is 325 g/mol. The van der Waals surface area contributed by atoms with Crippen LogP contribution in [0.1, 0.15) is 23.2 Å². The summed E-state index contributed by atoms with van der Waals surface area (Å²) in [4.78, 5) is 11.8. The molecular formula is C13H16ClF3N2O2. The summed E-state index contributed by atoms with van der Waals surface area (Å²) < 4.78 is 39.7. The molecule has 2 N–H and O–H groups in total. The summed E-state index contributed by atoms with van der Waals surface area (Å²) in [5.74, 6) is -0.649. The Kier molecular flexibility index (Phi) is 6.29. The van der Waals surface area contributed by atoms with Crippen LogP contribution in [-0.4, -0.2) is 31.4 Å². The first-order valence-electron chi connectivity index (χ1n) is 6.31. The monoisotopic (exact) mass is 324 g/mol. The van der Waals surface area contributed by atoms with Crippen LogP contribution in [0.3, 0.4) is 0 Å². The molecule has 1 amide bonds. The zero-order valence-corrected chi connectivity index (χ0v) is 11.9. The van der Waals surface area contributed by atoms with Gasteiger partial charge < -0.3 is 15.4 Å². The van der Waals surface area contributed by atoms with Crippen molar-refractivity contribution in [1.82, 2.24) is 10.6 Å². The number of alkyl halides is 3. The van der Waals surface area contributed by atoms with E-state index in [4.69, 9.17) is 0 Å². The first kappa shape index (κ1) is 17.6. The molecular weight excluding hydrogens is 309 g/mol. The van der Waals surface area contributed by atoms with Crippen molar-refractivity contribution in [3.63, 3.8) is 0 Å². The van der Waals surface area contributed by atoms with Crippen LogP contribution in [0, 0.1) is 0 Å². The number of hydrogen-bond acceptors (Lipinski definition) is 3. The van der Waals surface area contributed by atoms with E-state index in [1.165, 1.54) is 12.1 Å². The molecule has 1 aromatic carbocycles. The van der Waals surface area contributed by atoms with Gasteiger partial charge in [-0.3, -0.25) is 4.79 Å². The molecule has 1 aromatic rings. The smallest absolute Gasteiger partial charge is 0.406 e. The van der Waals surface area contributed by atoms with E-state index in [9.17, 15) is 18.0 Å². The Labute approximate surface area is 126 Å². The van der Waals surface area contributed by atoms with Gasteiger partial charge in [0.15, 0.2) is 0 Å². The lowest BCUT2D eigenvalue weighted by Crippen LogP contribution is -2.37. The Morgan fingerprint density at radius 3 is 2.52 bits per heavy atom. The highest BCUT2D eigenvalue weighted by molar-refractivity contribution is 5.94. The van der Waals surface area contributed by atoms with Crippen molar-refractivity contribution in [3.8, 4) is 5.75 Å². The molecule has 1 aliphatic rings. The first-order valence-corrected chi connectivity index (χ1v) is 6.31. The highest BCUT2D eigenvalue weighted by atomic mass is 35.5. The number of hydrogen-bond donors (Lipinski definition) is 2. The predicted octanol–water partition coefficient (Wildman–Crippen LogP) is 2.49. The van der Waals surface area contributed by atoms with E-state index < -0.39 is 6.36 Å². The minimum Gasteiger partial charge on any atom is -0.406 e. The molecule has 1 fully saturated rings. The summed E-state index contributed by atoms with van der Waals surface area (Å²) in [7, 11) is 0. The fraction of sp³-hybridized carbons (Fsp3) is 0.462. The summed E-state index contributed by atoms with van der Waals surface area (Å²) in [6.07, 6.45) is -2.62. The third kappa shape index (κ3) is 5.81. The van der Waals surface area contributed by atoms with E-state index >= 15 is 0 Å².